The fourth-order valence-corrected chi connectivity index (χ4v) is 2.35. The quantitative estimate of drug-likeness (QED) is 0.766. The highest BCUT2D eigenvalue weighted by Gasteiger charge is 2.00. The molecule has 2 rings (SSSR count). The van der Waals surface area contributed by atoms with Crippen molar-refractivity contribution in [3.63, 3.8) is 0 Å². The van der Waals surface area contributed by atoms with Gasteiger partial charge in [-0.05, 0) is 24.3 Å². The van der Waals surface area contributed by atoms with E-state index in [1.165, 1.54) is 0 Å². The van der Waals surface area contributed by atoms with E-state index in [1.54, 1.807) is 11.8 Å². The van der Waals surface area contributed by atoms with Crippen LogP contribution in [0, 0.1) is 0 Å². The fourth-order valence-electron chi connectivity index (χ4n) is 1.20. The van der Waals surface area contributed by atoms with Crippen LogP contribution in [0.25, 0.3) is 0 Å². The van der Waals surface area contributed by atoms with Gasteiger partial charge in [-0.1, -0.05) is 29.8 Å². The largest absolute Gasteiger partial charge is 0.260 e. The van der Waals surface area contributed by atoms with E-state index in [2.05, 4.69) is 4.98 Å². The Morgan fingerprint density at radius 1 is 1.06 bits per heavy atom. The first-order valence-corrected chi connectivity index (χ1v) is 6.00. The molecule has 16 heavy (non-hydrogen) atoms. The van der Waals surface area contributed by atoms with Gasteiger partial charge >= 0.3 is 0 Å². The Balaban J connectivity index is 0.00000128. The summed E-state index contributed by atoms with van der Waals surface area (Å²) in [6.45, 7) is 0. The van der Waals surface area contributed by atoms with Crippen LogP contribution in [-0.2, 0) is 5.75 Å². The molecule has 0 atom stereocenters. The number of hydrogen-bond donors (Lipinski definition) is 0. The number of rotatable bonds is 3. The summed E-state index contributed by atoms with van der Waals surface area (Å²) < 4.78 is 0. The molecule has 0 radical (unpaired) electrons. The van der Waals surface area contributed by atoms with Gasteiger partial charge in [0.15, 0.2) is 0 Å². The van der Waals surface area contributed by atoms with Gasteiger partial charge in [-0.15, -0.1) is 24.2 Å². The van der Waals surface area contributed by atoms with Crippen molar-refractivity contribution in [3.05, 3.63) is 59.4 Å². The zero-order chi connectivity index (χ0) is 10.5. The van der Waals surface area contributed by atoms with Gasteiger partial charge < -0.3 is 0 Å². The second-order valence-corrected chi connectivity index (χ2v) is 4.46. The maximum absolute atomic E-state index is 6.05. The molecule has 0 bridgehead atoms. The Morgan fingerprint density at radius 2 is 1.81 bits per heavy atom. The highest BCUT2D eigenvalue weighted by Crippen LogP contribution is 2.28. The molecule has 0 aliphatic heterocycles. The molecule has 1 heterocycles. The minimum Gasteiger partial charge on any atom is -0.260 e. The molecular weight excluding hydrogens is 261 g/mol. The van der Waals surface area contributed by atoms with Crippen LogP contribution in [-0.4, -0.2) is 4.98 Å². The van der Waals surface area contributed by atoms with Gasteiger partial charge in [-0.3, -0.25) is 4.98 Å². The van der Waals surface area contributed by atoms with Crippen molar-refractivity contribution in [3.8, 4) is 0 Å². The smallest absolute Gasteiger partial charge is 0.0541 e. The first-order valence-electron chi connectivity index (χ1n) is 4.63. The zero-order valence-electron chi connectivity index (χ0n) is 8.47. The highest BCUT2D eigenvalue weighted by molar-refractivity contribution is 7.98. The van der Waals surface area contributed by atoms with Crippen LogP contribution in [0.15, 0.2) is 53.6 Å². The van der Waals surface area contributed by atoms with Gasteiger partial charge in [-0.25, -0.2) is 0 Å². The van der Waals surface area contributed by atoms with Crippen molar-refractivity contribution >= 4 is 35.8 Å². The van der Waals surface area contributed by atoms with Gasteiger partial charge in [0.25, 0.3) is 0 Å². The first kappa shape index (κ1) is 13.4. The molecular formula is C12H11Cl2NS. The second-order valence-electron chi connectivity index (χ2n) is 3.04. The molecule has 0 fully saturated rings. The lowest BCUT2D eigenvalue weighted by Gasteiger charge is -2.02. The van der Waals surface area contributed by atoms with E-state index in [9.17, 15) is 0 Å². The molecule has 2 aromatic rings. The van der Waals surface area contributed by atoms with Gasteiger partial charge in [0.1, 0.15) is 0 Å². The van der Waals surface area contributed by atoms with E-state index in [0.29, 0.717) is 0 Å². The van der Waals surface area contributed by atoms with Crippen molar-refractivity contribution in [2.24, 2.45) is 0 Å². The average molecular weight is 272 g/mol. The van der Waals surface area contributed by atoms with Crippen LogP contribution >= 0.6 is 35.8 Å². The van der Waals surface area contributed by atoms with Crippen molar-refractivity contribution in [1.82, 2.24) is 4.98 Å². The van der Waals surface area contributed by atoms with Crippen molar-refractivity contribution in [2.45, 2.75) is 10.6 Å². The van der Waals surface area contributed by atoms with E-state index in [1.807, 2.05) is 48.7 Å². The van der Waals surface area contributed by atoms with Gasteiger partial charge in [-0.2, -0.15) is 0 Å². The minimum absolute atomic E-state index is 0. The molecule has 84 valence electrons. The Bertz CT molecular complexity index is 434. The van der Waals surface area contributed by atoms with Crippen LogP contribution in [0.3, 0.4) is 0 Å². The molecule has 0 aliphatic rings. The van der Waals surface area contributed by atoms with E-state index in [0.717, 1.165) is 21.4 Å². The van der Waals surface area contributed by atoms with Crippen LogP contribution in [0.2, 0.25) is 5.02 Å². The summed E-state index contributed by atoms with van der Waals surface area (Å²) in [6, 6.07) is 13.8. The third-order valence-corrected chi connectivity index (χ3v) is 3.49. The standard InChI is InChI=1S/C12H10ClNS.ClH/c13-11-6-1-2-7-12(11)15-9-10-5-3-4-8-14-10;/h1-8H,9H2;1H. The predicted molar refractivity (Wildman–Crippen MR) is 72.5 cm³/mol. The number of benzene rings is 1. The summed E-state index contributed by atoms with van der Waals surface area (Å²) in [5, 5.41) is 0.804. The number of halogens is 2. The summed E-state index contributed by atoms with van der Waals surface area (Å²) in [5.74, 6) is 0.852. The SMILES string of the molecule is Cl.Clc1ccccc1SCc1ccccn1. The fraction of sp³-hybridized carbons (Fsp3) is 0.0833. The maximum atomic E-state index is 6.05. The Kier molecular flexibility index (Phi) is 5.67. The molecule has 0 saturated heterocycles. The van der Waals surface area contributed by atoms with E-state index in [-0.39, 0.29) is 12.4 Å². The molecule has 1 aromatic heterocycles. The number of pyridine rings is 1. The molecule has 0 unspecified atom stereocenters. The average Bonchev–Trinajstić information content (AvgIpc) is 2.29. The predicted octanol–water partition coefficient (Wildman–Crippen LogP) is 4.45. The van der Waals surface area contributed by atoms with Crippen LogP contribution in [0.5, 0.6) is 0 Å². The Labute approximate surface area is 111 Å². The monoisotopic (exact) mass is 271 g/mol. The number of nitrogens with zero attached hydrogens (tertiary/aromatic N) is 1. The molecule has 4 heteroatoms. The normalized spacial score (nSPS) is 9.56. The summed E-state index contributed by atoms with van der Waals surface area (Å²) in [6.07, 6.45) is 1.81. The molecule has 0 amide bonds. The van der Waals surface area contributed by atoms with Crippen molar-refractivity contribution < 1.29 is 0 Å². The Morgan fingerprint density at radius 3 is 2.50 bits per heavy atom. The maximum Gasteiger partial charge on any atom is 0.0541 e. The third kappa shape index (κ3) is 3.71. The van der Waals surface area contributed by atoms with Crippen molar-refractivity contribution in [1.29, 1.82) is 0 Å². The topological polar surface area (TPSA) is 12.9 Å². The zero-order valence-corrected chi connectivity index (χ0v) is 10.9. The first-order chi connectivity index (χ1) is 7.36. The van der Waals surface area contributed by atoms with Crippen LogP contribution < -0.4 is 0 Å². The third-order valence-electron chi connectivity index (χ3n) is 1.94. The molecule has 0 aliphatic carbocycles. The number of aromatic nitrogens is 1. The lowest BCUT2D eigenvalue weighted by atomic mass is 10.4. The van der Waals surface area contributed by atoms with Gasteiger partial charge in [0, 0.05) is 16.8 Å². The van der Waals surface area contributed by atoms with Crippen LogP contribution in [0.1, 0.15) is 5.69 Å². The van der Waals surface area contributed by atoms with Crippen LogP contribution in [0.4, 0.5) is 0 Å². The molecule has 1 nitrogen and oxygen atoms in total. The van der Waals surface area contributed by atoms with Gasteiger partial charge in [0.05, 0.1) is 10.7 Å². The van der Waals surface area contributed by atoms with E-state index in [4.69, 9.17) is 11.6 Å². The molecule has 0 N–H and O–H groups in total. The summed E-state index contributed by atoms with van der Waals surface area (Å²) in [7, 11) is 0. The van der Waals surface area contributed by atoms with E-state index < -0.39 is 0 Å². The number of hydrogen-bond acceptors (Lipinski definition) is 2. The summed E-state index contributed by atoms with van der Waals surface area (Å²) >= 11 is 7.75. The van der Waals surface area contributed by atoms with Crippen molar-refractivity contribution in [2.75, 3.05) is 0 Å². The van der Waals surface area contributed by atoms with E-state index >= 15 is 0 Å². The Hall–Kier alpha value is -0.700. The highest BCUT2D eigenvalue weighted by atomic mass is 35.5. The lowest BCUT2D eigenvalue weighted by Crippen LogP contribution is -1.84. The molecule has 0 saturated carbocycles. The molecule has 0 spiro atoms. The molecule has 1 aromatic carbocycles. The minimum atomic E-state index is 0. The lowest BCUT2D eigenvalue weighted by molar-refractivity contribution is 1.17. The second kappa shape index (κ2) is 6.79. The van der Waals surface area contributed by atoms with Gasteiger partial charge in [0.2, 0.25) is 0 Å². The summed E-state index contributed by atoms with van der Waals surface area (Å²) in [4.78, 5) is 5.36. The summed E-state index contributed by atoms with van der Waals surface area (Å²) in [5.41, 5.74) is 1.07. The number of thioether (sulfide) groups is 1.